The van der Waals surface area contributed by atoms with Crippen LogP contribution in [0.1, 0.15) is 26.3 Å². The van der Waals surface area contributed by atoms with Crippen LogP contribution in [0.25, 0.3) is 0 Å². The van der Waals surface area contributed by atoms with Crippen molar-refractivity contribution in [3.63, 3.8) is 0 Å². The summed E-state index contributed by atoms with van der Waals surface area (Å²) in [7, 11) is -3.78. The number of likely N-dealkylation sites (N-methyl/N-ethyl adjacent to an activating group) is 1. The second-order valence-electron chi connectivity index (χ2n) is 5.27. The Kier molecular flexibility index (Phi) is 6.00. The summed E-state index contributed by atoms with van der Waals surface area (Å²) in [5, 5.41) is 8.55. The molecule has 6 nitrogen and oxygen atoms in total. The molecule has 1 aromatic rings. The molecule has 120 valence electrons. The first-order valence-corrected chi connectivity index (χ1v) is 8.65. The molecule has 0 radical (unpaired) electrons. The van der Waals surface area contributed by atoms with Gasteiger partial charge < -0.3 is 16.0 Å². The van der Waals surface area contributed by atoms with E-state index < -0.39 is 10.0 Å². The third kappa shape index (κ3) is 4.87. The number of hydrogen-bond acceptors (Lipinski definition) is 5. The number of primary sulfonamides is 1. The zero-order valence-electron chi connectivity index (χ0n) is 13.2. The number of nitrogens with two attached hydrogens (primary N) is 2. The third-order valence-electron chi connectivity index (χ3n) is 3.52. The van der Waals surface area contributed by atoms with Crippen LogP contribution in [0.15, 0.2) is 17.0 Å². The molecule has 21 heavy (non-hydrogen) atoms. The molecule has 0 bridgehead atoms. The van der Waals surface area contributed by atoms with Crippen molar-refractivity contribution in [3.8, 4) is 0 Å². The van der Waals surface area contributed by atoms with Crippen molar-refractivity contribution in [2.24, 2.45) is 5.14 Å². The Morgan fingerprint density at radius 1 is 1.29 bits per heavy atom. The Morgan fingerprint density at radius 3 is 2.33 bits per heavy atom. The molecule has 7 heteroatoms. The lowest BCUT2D eigenvalue weighted by Crippen LogP contribution is -2.35. The van der Waals surface area contributed by atoms with Crippen LogP contribution >= 0.6 is 0 Å². The zero-order chi connectivity index (χ0) is 16.2. The maximum Gasteiger partial charge on any atom is 0.238 e. The van der Waals surface area contributed by atoms with Gasteiger partial charge in [0.2, 0.25) is 10.0 Å². The Bertz CT molecular complexity index is 583. The molecule has 0 aliphatic rings. The average Bonchev–Trinajstić information content (AvgIpc) is 2.38. The van der Waals surface area contributed by atoms with Crippen molar-refractivity contribution in [1.82, 2.24) is 4.90 Å². The lowest BCUT2D eigenvalue weighted by atomic mass is 10.1. The molecule has 0 aromatic heterocycles. The Balaban J connectivity index is 3.01. The predicted octanol–water partition coefficient (Wildman–Crippen LogP) is 1.37. The van der Waals surface area contributed by atoms with Crippen LogP contribution in [0.2, 0.25) is 0 Å². The second kappa shape index (κ2) is 7.11. The summed E-state index contributed by atoms with van der Waals surface area (Å²) >= 11 is 0. The first-order chi connectivity index (χ1) is 9.68. The van der Waals surface area contributed by atoms with Gasteiger partial charge in [-0.05, 0) is 44.6 Å². The molecule has 0 spiro atoms. The van der Waals surface area contributed by atoms with E-state index in [0.717, 1.165) is 19.6 Å². The Hall–Kier alpha value is -1.31. The van der Waals surface area contributed by atoms with Gasteiger partial charge in [-0.25, -0.2) is 13.6 Å². The van der Waals surface area contributed by atoms with E-state index >= 15 is 0 Å². The van der Waals surface area contributed by atoms with Crippen molar-refractivity contribution >= 4 is 21.4 Å². The summed E-state index contributed by atoms with van der Waals surface area (Å²) in [6.45, 7) is 10.8. The molecular formula is C14H26N4O2S. The highest BCUT2D eigenvalue weighted by molar-refractivity contribution is 7.89. The molecule has 0 saturated carbocycles. The van der Waals surface area contributed by atoms with Gasteiger partial charge >= 0.3 is 0 Å². The van der Waals surface area contributed by atoms with Crippen molar-refractivity contribution in [3.05, 3.63) is 17.7 Å². The minimum absolute atomic E-state index is 0.0695. The van der Waals surface area contributed by atoms with Crippen LogP contribution in [0.3, 0.4) is 0 Å². The van der Waals surface area contributed by atoms with E-state index in [9.17, 15) is 8.42 Å². The van der Waals surface area contributed by atoms with Gasteiger partial charge in [0.1, 0.15) is 0 Å². The van der Waals surface area contributed by atoms with Crippen LogP contribution in [-0.2, 0) is 10.0 Å². The molecule has 0 aliphatic carbocycles. The first-order valence-electron chi connectivity index (χ1n) is 7.10. The van der Waals surface area contributed by atoms with E-state index in [1.807, 2.05) is 0 Å². The van der Waals surface area contributed by atoms with Gasteiger partial charge in [-0.1, -0.05) is 13.8 Å². The number of benzene rings is 1. The summed E-state index contributed by atoms with van der Waals surface area (Å²) in [6.07, 6.45) is 0. The van der Waals surface area contributed by atoms with Crippen LogP contribution < -0.4 is 16.2 Å². The van der Waals surface area contributed by atoms with Gasteiger partial charge in [-0.2, -0.15) is 0 Å². The quantitative estimate of drug-likeness (QED) is 0.660. The van der Waals surface area contributed by atoms with Crippen LogP contribution in [0, 0.1) is 6.92 Å². The van der Waals surface area contributed by atoms with Crippen LogP contribution in [0.4, 0.5) is 11.4 Å². The molecule has 5 N–H and O–H groups in total. The highest BCUT2D eigenvalue weighted by Crippen LogP contribution is 2.26. The number of rotatable bonds is 7. The number of sulfonamides is 1. The molecule has 0 heterocycles. The number of nitrogen functional groups attached to an aromatic ring is 1. The average molecular weight is 314 g/mol. The minimum Gasteiger partial charge on any atom is -0.399 e. The smallest absolute Gasteiger partial charge is 0.238 e. The summed E-state index contributed by atoms with van der Waals surface area (Å²) < 4.78 is 23.2. The SMILES string of the molecule is CCN(CC)CC(C)Nc1cc(N)cc(S(N)(=O)=O)c1C. The molecular weight excluding hydrogens is 288 g/mol. The van der Waals surface area contributed by atoms with E-state index in [-0.39, 0.29) is 10.9 Å². The maximum atomic E-state index is 11.6. The highest BCUT2D eigenvalue weighted by Gasteiger charge is 2.17. The van der Waals surface area contributed by atoms with Gasteiger partial charge in [0, 0.05) is 24.0 Å². The Morgan fingerprint density at radius 2 is 1.86 bits per heavy atom. The monoisotopic (exact) mass is 314 g/mol. The molecule has 0 fully saturated rings. The molecule has 0 saturated heterocycles. The molecule has 1 unspecified atom stereocenters. The number of nitrogens with one attached hydrogen (secondary N) is 1. The summed E-state index contributed by atoms with van der Waals surface area (Å²) in [6, 6.07) is 3.30. The number of anilines is 2. The fourth-order valence-corrected chi connectivity index (χ4v) is 3.17. The van der Waals surface area contributed by atoms with Gasteiger partial charge in [-0.15, -0.1) is 0 Å². The molecule has 0 amide bonds. The third-order valence-corrected chi connectivity index (χ3v) is 4.55. The largest absolute Gasteiger partial charge is 0.399 e. The van der Waals surface area contributed by atoms with E-state index in [0.29, 0.717) is 16.9 Å². The fourth-order valence-electron chi connectivity index (χ4n) is 2.33. The molecule has 1 aromatic carbocycles. The fraction of sp³-hybridized carbons (Fsp3) is 0.571. The lowest BCUT2D eigenvalue weighted by Gasteiger charge is -2.25. The number of hydrogen-bond donors (Lipinski definition) is 3. The van der Waals surface area contributed by atoms with Gasteiger partial charge in [0.25, 0.3) is 0 Å². The van der Waals surface area contributed by atoms with Gasteiger partial charge in [0.05, 0.1) is 4.90 Å². The van der Waals surface area contributed by atoms with Crippen LogP contribution in [0.5, 0.6) is 0 Å². The Labute approximate surface area is 127 Å². The summed E-state index contributed by atoms with van der Waals surface area (Å²) in [5.41, 5.74) is 7.46. The van der Waals surface area contributed by atoms with Crippen molar-refractivity contribution < 1.29 is 8.42 Å². The van der Waals surface area contributed by atoms with E-state index in [1.165, 1.54) is 6.07 Å². The summed E-state index contributed by atoms with van der Waals surface area (Å²) in [5.74, 6) is 0. The van der Waals surface area contributed by atoms with Crippen molar-refractivity contribution in [2.75, 3.05) is 30.7 Å². The van der Waals surface area contributed by atoms with Gasteiger partial charge in [0.15, 0.2) is 0 Å². The normalized spacial score (nSPS) is 13.4. The van der Waals surface area contributed by atoms with Crippen molar-refractivity contribution in [2.45, 2.75) is 38.6 Å². The first kappa shape index (κ1) is 17.7. The summed E-state index contributed by atoms with van der Waals surface area (Å²) in [4.78, 5) is 2.36. The topological polar surface area (TPSA) is 101 Å². The lowest BCUT2D eigenvalue weighted by molar-refractivity contribution is 0.295. The molecule has 0 aliphatic heterocycles. The standard InChI is InChI=1S/C14H26N4O2S/c1-5-18(6-2)9-10(3)17-13-7-12(15)8-14(11(13)4)21(16,19)20/h7-8,10,17H,5-6,9,15H2,1-4H3,(H2,16,19,20). The van der Waals surface area contributed by atoms with E-state index in [4.69, 9.17) is 10.9 Å². The van der Waals surface area contributed by atoms with Gasteiger partial charge in [-0.3, -0.25) is 0 Å². The van der Waals surface area contributed by atoms with E-state index in [1.54, 1.807) is 13.0 Å². The number of nitrogens with zero attached hydrogens (tertiary/aromatic N) is 1. The maximum absolute atomic E-state index is 11.6. The highest BCUT2D eigenvalue weighted by atomic mass is 32.2. The van der Waals surface area contributed by atoms with E-state index in [2.05, 4.69) is 31.0 Å². The minimum atomic E-state index is -3.78. The molecule has 1 atom stereocenters. The van der Waals surface area contributed by atoms with Crippen molar-refractivity contribution in [1.29, 1.82) is 0 Å². The molecule has 1 rings (SSSR count). The zero-order valence-corrected chi connectivity index (χ0v) is 14.0. The predicted molar refractivity (Wildman–Crippen MR) is 87.8 cm³/mol. The second-order valence-corrected chi connectivity index (χ2v) is 6.80. The van der Waals surface area contributed by atoms with Crippen LogP contribution in [-0.4, -0.2) is 39.0 Å².